The van der Waals surface area contributed by atoms with E-state index in [4.69, 9.17) is 4.99 Å². The highest BCUT2D eigenvalue weighted by Crippen LogP contribution is 2.36. The molecular weight excluding hydrogens is 485 g/mol. The zero-order chi connectivity index (χ0) is 18.9. The number of likely N-dealkylation sites (tertiary alicyclic amines) is 1. The molecule has 4 fully saturated rings. The number of fused-ring (bicyclic) bond motifs is 1. The minimum absolute atomic E-state index is 0. The summed E-state index contributed by atoms with van der Waals surface area (Å²) >= 11 is 0. The molecule has 5 atom stereocenters. The van der Waals surface area contributed by atoms with Gasteiger partial charge < -0.3 is 10.2 Å². The van der Waals surface area contributed by atoms with Crippen LogP contribution in [0.4, 0.5) is 0 Å². The number of rotatable bonds is 3. The number of aliphatic imine (C=N–C) groups is 1. The van der Waals surface area contributed by atoms with Crippen molar-refractivity contribution in [3.05, 3.63) is 0 Å². The maximum atomic E-state index is 11.8. The summed E-state index contributed by atoms with van der Waals surface area (Å²) in [5, 5.41) is 3.83. The molecule has 5 nitrogen and oxygen atoms in total. The van der Waals surface area contributed by atoms with Crippen molar-refractivity contribution in [2.75, 3.05) is 31.1 Å². The van der Waals surface area contributed by atoms with Crippen LogP contribution in [-0.4, -0.2) is 56.5 Å². The van der Waals surface area contributed by atoms with Crippen molar-refractivity contribution in [3.63, 3.8) is 0 Å². The zero-order valence-corrected chi connectivity index (χ0v) is 20.5. The second-order valence-corrected chi connectivity index (χ2v) is 11.9. The predicted octanol–water partition coefficient (Wildman–Crippen LogP) is 3.69. The van der Waals surface area contributed by atoms with Gasteiger partial charge >= 0.3 is 0 Å². The van der Waals surface area contributed by atoms with Crippen molar-refractivity contribution in [3.8, 4) is 0 Å². The largest absolute Gasteiger partial charge is 0.353 e. The lowest BCUT2D eigenvalue weighted by atomic mass is 9.82. The van der Waals surface area contributed by atoms with Gasteiger partial charge in [0.1, 0.15) is 0 Å². The van der Waals surface area contributed by atoms with Crippen molar-refractivity contribution in [2.45, 2.75) is 70.8 Å². The van der Waals surface area contributed by atoms with Crippen LogP contribution in [0.1, 0.15) is 64.7 Å². The minimum atomic E-state index is -2.82. The highest BCUT2D eigenvalue weighted by molar-refractivity contribution is 14.0. The maximum Gasteiger partial charge on any atom is 0.194 e. The molecule has 4 aliphatic rings. The summed E-state index contributed by atoms with van der Waals surface area (Å²) in [7, 11) is -2.82. The van der Waals surface area contributed by atoms with E-state index in [1.807, 2.05) is 0 Å². The number of sulfone groups is 1. The topological polar surface area (TPSA) is 61.8 Å². The average Bonchev–Trinajstić information content (AvgIpc) is 3.22. The quantitative estimate of drug-likeness (QED) is 0.348. The van der Waals surface area contributed by atoms with Gasteiger partial charge in [-0.15, -0.1) is 24.0 Å². The molecule has 2 aliphatic heterocycles. The Balaban J connectivity index is 0.00000225. The minimum Gasteiger partial charge on any atom is -0.353 e. The van der Waals surface area contributed by atoms with Gasteiger partial charge in [-0.1, -0.05) is 32.6 Å². The Hall–Kier alpha value is -0.0500. The molecule has 0 spiro atoms. The lowest BCUT2D eigenvalue weighted by molar-refractivity contribution is 0.297. The Kier molecular flexibility index (Phi) is 7.95. The van der Waals surface area contributed by atoms with Crippen LogP contribution in [-0.2, 0) is 9.84 Å². The second kappa shape index (κ2) is 9.84. The van der Waals surface area contributed by atoms with Crippen molar-refractivity contribution in [1.82, 2.24) is 10.2 Å². The first kappa shape index (κ1) is 22.6. The molecule has 0 bridgehead atoms. The van der Waals surface area contributed by atoms with E-state index in [0.29, 0.717) is 30.0 Å². The van der Waals surface area contributed by atoms with E-state index in [1.165, 1.54) is 51.4 Å². The van der Waals surface area contributed by atoms with Gasteiger partial charge in [-0.3, -0.25) is 4.99 Å². The maximum absolute atomic E-state index is 11.8. The molecule has 2 aliphatic carbocycles. The summed E-state index contributed by atoms with van der Waals surface area (Å²) in [6, 6.07) is 0.521. The number of hydrogen-bond donors (Lipinski definition) is 1. The third-order valence-corrected chi connectivity index (χ3v) is 9.36. The molecule has 0 aromatic carbocycles. The summed E-state index contributed by atoms with van der Waals surface area (Å²) in [6.45, 7) is 5.30. The number of nitrogens with zero attached hydrogens (tertiary/aromatic N) is 2. The number of halogens is 1. The molecule has 2 saturated carbocycles. The van der Waals surface area contributed by atoms with Gasteiger partial charge in [0.25, 0.3) is 0 Å². The molecule has 0 amide bonds. The van der Waals surface area contributed by atoms with Crippen LogP contribution in [0, 0.1) is 23.7 Å². The van der Waals surface area contributed by atoms with Crippen LogP contribution >= 0.6 is 24.0 Å². The van der Waals surface area contributed by atoms with Gasteiger partial charge in [-0.05, 0) is 55.8 Å². The van der Waals surface area contributed by atoms with Crippen molar-refractivity contribution >= 4 is 39.8 Å². The summed E-state index contributed by atoms with van der Waals surface area (Å²) < 4.78 is 23.6. The third kappa shape index (κ3) is 5.55. The Bertz CT molecular complexity index is 640. The predicted molar refractivity (Wildman–Crippen MR) is 126 cm³/mol. The number of nitrogens with one attached hydrogen (secondary N) is 1. The molecule has 2 heterocycles. The lowest BCUT2D eigenvalue weighted by Crippen LogP contribution is -2.48. The van der Waals surface area contributed by atoms with Gasteiger partial charge in [-0.2, -0.15) is 0 Å². The van der Waals surface area contributed by atoms with Gasteiger partial charge in [0.05, 0.1) is 11.5 Å². The molecule has 28 heavy (non-hydrogen) atoms. The fourth-order valence-corrected chi connectivity index (χ4v) is 7.59. The molecule has 5 unspecified atom stereocenters. The van der Waals surface area contributed by atoms with E-state index in [1.54, 1.807) is 0 Å². The summed E-state index contributed by atoms with van der Waals surface area (Å²) in [5.74, 6) is 4.33. The van der Waals surface area contributed by atoms with E-state index in [9.17, 15) is 8.42 Å². The van der Waals surface area contributed by atoms with Crippen LogP contribution in [0.5, 0.6) is 0 Å². The Morgan fingerprint density at radius 3 is 2.25 bits per heavy atom. The molecule has 0 aromatic rings. The smallest absolute Gasteiger partial charge is 0.194 e. The van der Waals surface area contributed by atoms with E-state index in [2.05, 4.69) is 17.1 Å². The lowest BCUT2D eigenvalue weighted by Gasteiger charge is -2.33. The van der Waals surface area contributed by atoms with Crippen LogP contribution in [0.2, 0.25) is 0 Å². The average molecular weight is 524 g/mol. The molecule has 1 N–H and O–H groups in total. The van der Waals surface area contributed by atoms with Crippen LogP contribution < -0.4 is 5.32 Å². The van der Waals surface area contributed by atoms with Crippen molar-refractivity contribution in [2.24, 2.45) is 28.7 Å². The van der Waals surface area contributed by atoms with Crippen LogP contribution in [0.15, 0.2) is 4.99 Å². The van der Waals surface area contributed by atoms with Gasteiger partial charge in [-0.25, -0.2) is 8.42 Å². The molecule has 0 aromatic heterocycles. The van der Waals surface area contributed by atoms with Gasteiger partial charge in [0, 0.05) is 25.7 Å². The number of guanidine groups is 1. The molecule has 4 rings (SSSR count). The Morgan fingerprint density at radius 1 is 1.00 bits per heavy atom. The first-order valence-electron chi connectivity index (χ1n) is 11.3. The fourth-order valence-electron chi connectivity index (χ4n) is 5.74. The summed E-state index contributed by atoms with van der Waals surface area (Å²) in [6.07, 6.45) is 11.5. The monoisotopic (exact) mass is 523 g/mol. The molecule has 2 saturated heterocycles. The zero-order valence-electron chi connectivity index (χ0n) is 17.3. The Morgan fingerprint density at radius 2 is 1.64 bits per heavy atom. The second-order valence-electron chi connectivity index (χ2n) is 9.66. The van der Waals surface area contributed by atoms with Crippen LogP contribution in [0.25, 0.3) is 0 Å². The van der Waals surface area contributed by atoms with E-state index in [-0.39, 0.29) is 29.9 Å². The molecule has 0 radical (unpaired) electrons. The highest BCUT2D eigenvalue weighted by atomic mass is 127. The normalized spacial score (nSPS) is 38.0. The molecule has 7 heteroatoms. The molecule has 162 valence electrons. The highest BCUT2D eigenvalue weighted by Gasteiger charge is 2.37. The van der Waals surface area contributed by atoms with Crippen LogP contribution in [0.3, 0.4) is 0 Å². The molecular formula is C21H38IN3O2S. The van der Waals surface area contributed by atoms with E-state index in [0.717, 1.165) is 37.3 Å². The fraction of sp³-hybridized carbons (Fsp3) is 0.952. The first-order chi connectivity index (χ1) is 13.0. The summed E-state index contributed by atoms with van der Waals surface area (Å²) in [5.41, 5.74) is 0. The standard InChI is InChI=1S/C21H37N3O2S.HI/c1-16-6-2-5-9-20(16)23-21(22-12-17-10-11-27(25,26)15-17)24-13-18-7-3-4-8-19(18)14-24;/h16-20H,2-15H2,1H3,(H,22,23);1H. The number of hydrogen-bond acceptors (Lipinski definition) is 3. The van der Waals surface area contributed by atoms with E-state index >= 15 is 0 Å². The van der Waals surface area contributed by atoms with Gasteiger partial charge in [0.15, 0.2) is 15.8 Å². The van der Waals surface area contributed by atoms with E-state index < -0.39 is 9.84 Å². The third-order valence-electron chi connectivity index (χ3n) is 7.53. The van der Waals surface area contributed by atoms with Gasteiger partial charge in [0.2, 0.25) is 0 Å². The summed E-state index contributed by atoms with van der Waals surface area (Å²) in [4.78, 5) is 7.51. The first-order valence-corrected chi connectivity index (χ1v) is 13.1. The van der Waals surface area contributed by atoms with Crippen molar-refractivity contribution < 1.29 is 8.42 Å². The Labute approximate surface area is 188 Å². The SMILES string of the molecule is CC1CCCCC1NC(=NCC1CCS(=O)(=O)C1)N1CC2CCCCC2C1.I. The van der Waals surface area contributed by atoms with Crippen molar-refractivity contribution in [1.29, 1.82) is 0 Å².